The molecule has 0 aliphatic rings. The van der Waals surface area contributed by atoms with Gasteiger partial charge in [0.25, 0.3) is 0 Å². The van der Waals surface area contributed by atoms with E-state index in [0.717, 1.165) is 17.1 Å². The molecule has 0 amide bonds. The van der Waals surface area contributed by atoms with Gasteiger partial charge in [0.15, 0.2) is 0 Å². The molecule has 1 aromatic heterocycles. The van der Waals surface area contributed by atoms with Crippen LogP contribution in [0.5, 0.6) is 5.75 Å². The molecule has 112 valence electrons. The second-order valence-corrected chi connectivity index (χ2v) is 4.87. The van der Waals surface area contributed by atoms with Gasteiger partial charge in [-0.15, -0.1) is 0 Å². The lowest BCUT2D eigenvalue weighted by Crippen LogP contribution is -2.41. The Kier molecular flexibility index (Phi) is 5.95. The Hall–Kier alpha value is -1.62. The molecular formula is C15H24N2O3. The summed E-state index contributed by atoms with van der Waals surface area (Å²) in [7, 11) is 1.61. The van der Waals surface area contributed by atoms with E-state index >= 15 is 0 Å². The highest BCUT2D eigenvalue weighted by molar-refractivity contribution is 5.77. The van der Waals surface area contributed by atoms with Gasteiger partial charge in [-0.05, 0) is 20.3 Å². The first-order valence-electron chi connectivity index (χ1n) is 6.90. The van der Waals surface area contributed by atoms with Crippen LogP contribution in [0.4, 0.5) is 0 Å². The zero-order valence-corrected chi connectivity index (χ0v) is 12.7. The SMILES string of the molecule is CCOC(=O)C(CC)(CN)Cc1cc(OC)cc(C)n1. The molecule has 0 aliphatic heterocycles. The molecule has 1 atom stereocenters. The van der Waals surface area contributed by atoms with Gasteiger partial charge in [-0.3, -0.25) is 9.78 Å². The highest BCUT2D eigenvalue weighted by Crippen LogP contribution is 2.28. The van der Waals surface area contributed by atoms with Crippen molar-refractivity contribution in [1.29, 1.82) is 0 Å². The van der Waals surface area contributed by atoms with Gasteiger partial charge in [0.05, 0.1) is 19.1 Å². The van der Waals surface area contributed by atoms with E-state index in [1.807, 2.05) is 26.0 Å². The van der Waals surface area contributed by atoms with Crippen molar-refractivity contribution in [3.05, 3.63) is 23.5 Å². The van der Waals surface area contributed by atoms with Gasteiger partial charge in [0, 0.05) is 36.5 Å². The maximum absolute atomic E-state index is 12.2. The average molecular weight is 280 g/mol. The molecule has 0 spiro atoms. The molecule has 0 bridgehead atoms. The summed E-state index contributed by atoms with van der Waals surface area (Å²) in [4.78, 5) is 16.7. The van der Waals surface area contributed by atoms with Crippen LogP contribution in [0.25, 0.3) is 0 Å². The van der Waals surface area contributed by atoms with E-state index in [0.29, 0.717) is 19.4 Å². The number of pyridine rings is 1. The van der Waals surface area contributed by atoms with E-state index in [4.69, 9.17) is 15.2 Å². The first-order chi connectivity index (χ1) is 9.51. The molecule has 5 nitrogen and oxygen atoms in total. The van der Waals surface area contributed by atoms with Crippen molar-refractivity contribution >= 4 is 5.97 Å². The van der Waals surface area contributed by atoms with Crippen LogP contribution in [0.1, 0.15) is 31.7 Å². The van der Waals surface area contributed by atoms with E-state index in [9.17, 15) is 4.79 Å². The third kappa shape index (κ3) is 3.70. The van der Waals surface area contributed by atoms with Crippen LogP contribution in [0, 0.1) is 12.3 Å². The Morgan fingerprint density at radius 3 is 2.60 bits per heavy atom. The number of rotatable bonds is 7. The minimum atomic E-state index is -0.720. The van der Waals surface area contributed by atoms with Crippen LogP contribution < -0.4 is 10.5 Å². The van der Waals surface area contributed by atoms with Crippen molar-refractivity contribution in [3.8, 4) is 5.75 Å². The number of nitrogens with two attached hydrogens (primary N) is 1. The number of esters is 1. The summed E-state index contributed by atoms with van der Waals surface area (Å²) in [6.45, 7) is 6.22. The number of methoxy groups -OCH3 is 1. The maximum Gasteiger partial charge on any atom is 0.313 e. The summed E-state index contributed by atoms with van der Waals surface area (Å²) in [5.74, 6) is 0.477. The van der Waals surface area contributed by atoms with Gasteiger partial charge in [0.1, 0.15) is 5.75 Å². The predicted molar refractivity (Wildman–Crippen MR) is 77.6 cm³/mol. The van der Waals surface area contributed by atoms with Gasteiger partial charge < -0.3 is 15.2 Å². The lowest BCUT2D eigenvalue weighted by atomic mass is 9.80. The van der Waals surface area contributed by atoms with Crippen LogP contribution >= 0.6 is 0 Å². The number of carbonyl (C=O) groups is 1. The van der Waals surface area contributed by atoms with Gasteiger partial charge in [-0.25, -0.2) is 0 Å². The fraction of sp³-hybridized carbons (Fsp3) is 0.600. The molecule has 2 N–H and O–H groups in total. The molecule has 0 saturated heterocycles. The monoisotopic (exact) mass is 280 g/mol. The van der Waals surface area contributed by atoms with Crippen molar-refractivity contribution in [2.75, 3.05) is 20.3 Å². The van der Waals surface area contributed by atoms with Gasteiger partial charge in [0.2, 0.25) is 0 Å². The summed E-state index contributed by atoms with van der Waals surface area (Å²) < 4.78 is 10.4. The number of hydrogen-bond donors (Lipinski definition) is 1. The summed E-state index contributed by atoms with van der Waals surface area (Å²) >= 11 is 0. The number of nitrogens with zero attached hydrogens (tertiary/aromatic N) is 1. The molecule has 0 fully saturated rings. The zero-order valence-electron chi connectivity index (χ0n) is 12.7. The average Bonchev–Trinajstić information content (AvgIpc) is 2.44. The lowest BCUT2D eigenvalue weighted by molar-refractivity contribution is -0.155. The zero-order chi connectivity index (χ0) is 15.2. The minimum Gasteiger partial charge on any atom is -0.497 e. The van der Waals surface area contributed by atoms with Crippen molar-refractivity contribution in [3.63, 3.8) is 0 Å². The van der Waals surface area contributed by atoms with Crippen molar-refractivity contribution in [1.82, 2.24) is 4.98 Å². The largest absolute Gasteiger partial charge is 0.497 e. The molecule has 0 saturated carbocycles. The van der Waals surface area contributed by atoms with Crippen molar-refractivity contribution in [2.24, 2.45) is 11.1 Å². The van der Waals surface area contributed by atoms with Crippen molar-refractivity contribution < 1.29 is 14.3 Å². The number of aryl methyl sites for hydroxylation is 1. The molecule has 1 aromatic rings. The Morgan fingerprint density at radius 2 is 2.10 bits per heavy atom. The Labute approximate surface area is 120 Å². The standard InChI is InChI=1S/C15H24N2O3/c1-5-15(10-16,14(18)20-6-2)9-12-8-13(19-4)7-11(3)17-12/h7-8H,5-6,9-10,16H2,1-4H3. The van der Waals surface area contributed by atoms with Crippen LogP contribution in [0.2, 0.25) is 0 Å². The molecule has 0 aromatic carbocycles. The second kappa shape index (κ2) is 7.24. The van der Waals surface area contributed by atoms with Gasteiger partial charge in [-0.1, -0.05) is 6.92 Å². The van der Waals surface area contributed by atoms with Crippen molar-refractivity contribution in [2.45, 2.75) is 33.6 Å². The first kappa shape index (κ1) is 16.4. The van der Waals surface area contributed by atoms with Crippen LogP contribution in [-0.2, 0) is 16.0 Å². The molecule has 1 unspecified atom stereocenters. The normalized spacial score (nSPS) is 13.7. The Balaban J connectivity index is 3.06. The quantitative estimate of drug-likeness (QED) is 0.772. The minimum absolute atomic E-state index is 0.236. The highest BCUT2D eigenvalue weighted by Gasteiger charge is 2.37. The molecule has 0 aliphatic carbocycles. The Bertz CT molecular complexity index is 456. The van der Waals surface area contributed by atoms with Crippen LogP contribution in [0.15, 0.2) is 12.1 Å². The lowest BCUT2D eigenvalue weighted by Gasteiger charge is -2.28. The molecule has 1 rings (SSSR count). The smallest absolute Gasteiger partial charge is 0.313 e. The number of carbonyl (C=O) groups excluding carboxylic acids is 1. The maximum atomic E-state index is 12.2. The second-order valence-electron chi connectivity index (χ2n) is 4.87. The molecule has 20 heavy (non-hydrogen) atoms. The van der Waals surface area contributed by atoms with E-state index in [1.165, 1.54) is 0 Å². The fourth-order valence-corrected chi connectivity index (χ4v) is 2.18. The molecule has 0 radical (unpaired) electrons. The topological polar surface area (TPSA) is 74.4 Å². The molecule has 5 heteroatoms. The number of aromatic nitrogens is 1. The molecule has 1 heterocycles. The van der Waals surface area contributed by atoms with E-state index in [1.54, 1.807) is 14.0 Å². The Morgan fingerprint density at radius 1 is 1.40 bits per heavy atom. The third-order valence-corrected chi connectivity index (χ3v) is 3.51. The van der Waals surface area contributed by atoms with Crippen LogP contribution in [0.3, 0.4) is 0 Å². The first-order valence-corrected chi connectivity index (χ1v) is 6.90. The number of hydrogen-bond acceptors (Lipinski definition) is 5. The van der Waals surface area contributed by atoms with Crippen LogP contribution in [-0.4, -0.2) is 31.2 Å². The predicted octanol–water partition coefficient (Wildman–Crippen LogP) is 1.86. The summed E-state index contributed by atoms with van der Waals surface area (Å²) in [5.41, 5.74) is 6.77. The fourth-order valence-electron chi connectivity index (χ4n) is 2.18. The summed E-state index contributed by atoms with van der Waals surface area (Å²) in [6, 6.07) is 3.69. The van der Waals surface area contributed by atoms with E-state index in [2.05, 4.69) is 4.98 Å². The number of ether oxygens (including phenoxy) is 2. The summed E-state index contributed by atoms with van der Waals surface area (Å²) in [6.07, 6.45) is 1.07. The van der Waals surface area contributed by atoms with Gasteiger partial charge in [-0.2, -0.15) is 0 Å². The molecular weight excluding hydrogens is 256 g/mol. The van der Waals surface area contributed by atoms with E-state index < -0.39 is 5.41 Å². The summed E-state index contributed by atoms with van der Waals surface area (Å²) in [5, 5.41) is 0. The van der Waals surface area contributed by atoms with Gasteiger partial charge >= 0.3 is 5.97 Å². The highest BCUT2D eigenvalue weighted by atomic mass is 16.5. The third-order valence-electron chi connectivity index (χ3n) is 3.51. The van der Waals surface area contributed by atoms with E-state index in [-0.39, 0.29) is 12.5 Å².